The van der Waals surface area contributed by atoms with E-state index < -0.39 is 11.7 Å². The number of nitrogens with one attached hydrogen (secondary N) is 1. The van der Waals surface area contributed by atoms with E-state index in [1.807, 2.05) is 24.3 Å². The van der Waals surface area contributed by atoms with Gasteiger partial charge < -0.3 is 9.47 Å². The predicted octanol–water partition coefficient (Wildman–Crippen LogP) is 2.94. The van der Waals surface area contributed by atoms with E-state index in [0.29, 0.717) is 13.2 Å². The lowest BCUT2D eigenvalue weighted by Crippen LogP contribution is -2.44. The molecule has 1 aliphatic rings. The summed E-state index contributed by atoms with van der Waals surface area (Å²) >= 11 is 0. The van der Waals surface area contributed by atoms with Gasteiger partial charge in [-0.15, -0.1) is 0 Å². The van der Waals surface area contributed by atoms with E-state index in [4.69, 9.17) is 9.47 Å². The van der Waals surface area contributed by atoms with Crippen LogP contribution in [0.5, 0.6) is 0 Å². The Hall–Kier alpha value is -2.08. The van der Waals surface area contributed by atoms with Gasteiger partial charge in [0, 0.05) is 6.54 Å². The molecule has 6 nitrogen and oxygen atoms in total. The maximum absolute atomic E-state index is 12.0. The van der Waals surface area contributed by atoms with Crippen molar-refractivity contribution in [3.05, 3.63) is 35.4 Å². The highest BCUT2D eigenvalue weighted by Crippen LogP contribution is 2.34. The Bertz CT molecular complexity index is 580. The number of hydrogen-bond donors (Lipinski definition) is 1. The van der Waals surface area contributed by atoms with E-state index in [1.165, 1.54) is 0 Å². The lowest BCUT2D eigenvalue weighted by molar-refractivity contribution is -0.145. The quantitative estimate of drug-likeness (QED) is 0.864. The molecule has 2 rings (SSSR count). The molecule has 126 valence electrons. The van der Waals surface area contributed by atoms with Gasteiger partial charge in [-0.3, -0.25) is 10.2 Å². The summed E-state index contributed by atoms with van der Waals surface area (Å²) in [5, 5.41) is 1.73. The number of fused-ring (bicyclic) bond motifs is 1. The van der Waals surface area contributed by atoms with Crippen molar-refractivity contribution in [3.8, 4) is 0 Å². The summed E-state index contributed by atoms with van der Waals surface area (Å²) in [7, 11) is 0. The van der Waals surface area contributed by atoms with E-state index in [2.05, 4.69) is 5.43 Å². The number of benzene rings is 1. The first-order chi connectivity index (χ1) is 10.8. The molecule has 1 heterocycles. The lowest BCUT2D eigenvalue weighted by atomic mass is 10.0. The largest absolute Gasteiger partial charge is 0.466 e. The van der Waals surface area contributed by atoms with Gasteiger partial charge in [0.2, 0.25) is 0 Å². The van der Waals surface area contributed by atoms with Crippen LogP contribution in [0.3, 0.4) is 0 Å². The number of nitrogens with zero attached hydrogens (tertiary/aromatic N) is 1. The zero-order valence-corrected chi connectivity index (χ0v) is 14.1. The molecular formula is C17H24N2O4. The van der Waals surface area contributed by atoms with Crippen LogP contribution in [-0.2, 0) is 20.8 Å². The zero-order valence-electron chi connectivity index (χ0n) is 14.1. The molecule has 1 aromatic rings. The SMILES string of the molecule is CCOC(=O)CC1c2ccccc2CN1NC(=O)OC(C)(C)C. The number of amides is 1. The lowest BCUT2D eigenvalue weighted by Gasteiger charge is -2.27. The molecule has 1 aromatic carbocycles. The van der Waals surface area contributed by atoms with Crippen molar-refractivity contribution < 1.29 is 19.1 Å². The minimum absolute atomic E-state index is 0.181. The fourth-order valence-electron chi connectivity index (χ4n) is 2.60. The third-order valence-electron chi connectivity index (χ3n) is 3.43. The van der Waals surface area contributed by atoms with Crippen LogP contribution < -0.4 is 5.43 Å². The van der Waals surface area contributed by atoms with Gasteiger partial charge in [0.25, 0.3) is 0 Å². The van der Waals surface area contributed by atoms with Gasteiger partial charge in [-0.1, -0.05) is 24.3 Å². The molecular weight excluding hydrogens is 296 g/mol. The molecule has 1 amide bonds. The van der Waals surface area contributed by atoms with Gasteiger partial charge in [-0.05, 0) is 38.8 Å². The molecule has 0 radical (unpaired) electrons. The van der Waals surface area contributed by atoms with Crippen LogP contribution in [-0.4, -0.2) is 29.3 Å². The summed E-state index contributed by atoms with van der Waals surface area (Å²) in [6.07, 6.45) is -0.347. The highest BCUT2D eigenvalue weighted by Gasteiger charge is 2.34. The Kier molecular flexibility index (Phi) is 5.26. The zero-order chi connectivity index (χ0) is 17.0. The first-order valence-electron chi connectivity index (χ1n) is 7.80. The van der Waals surface area contributed by atoms with Crippen molar-refractivity contribution in [2.24, 2.45) is 0 Å². The van der Waals surface area contributed by atoms with Crippen LogP contribution in [0, 0.1) is 0 Å². The molecule has 1 atom stereocenters. The highest BCUT2D eigenvalue weighted by atomic mass is 16.6. The normalized spacial score (nSPS) is 17.5. The van der Waals surface area contributed by atoms with E-state index in [0.717, 1.165) is 11.1 Å². The number of carbonyl (C=O) groups is 2. The van der Waals surface area contributed by atoms with Gasteiger partial charge >= 0.3 is 12.1 Å². The number of hydrazine groups is 1. The minimum atomic E-state index is -0.576. The number of esters is 1. The average Bonchev–Trinajstić information content (AvgIpc) is 2.75. The Morgan fingerprint density at radius 3 is 2.65 bits per heavy atom. The molecule has 0 saturated carbocycles. The first kappa shape index (κ1) is 17.3. The second-order valence-electron chi connectivity index (χ2n) is 6.47. The topological polar surface area (TPSA) is 67.9 Å². The molecule has 0 aromatic heterocycles. The summed E-state index contributed by atoms with van der Waals surface area (Å²) in [6, 6.07) is 7.57. The van der Waals surface area contributed by atoms with Gasteiger partial charge in [-0.2, -0.15) is 0 Å². The van der Waals surface area contributed by atoms with Crippen molar-refractivity contribution in [1.29, 1.82) is 0 Å². The number of carbonyl (C=O) groups excluding carboxylic acids is 2. The van der Waals surface area contributed by atoms with Crippen molar-refractivity contribution in [2.45, 2.75) is 52.3 Å². The molecule has 0 aliphatic carbocycles. The third-order valence-corrected chi connectivity index (χ3v) is 3.43. The Morgan fingerprint density at radius 2 is 2.00 bits per heavy atom. The second kappa shape index (κ2) is 7.00. The molecule has 0 bridgehead atoms. The van der Waals surface area contributed by atoms with Crippen LogP contribution >= 0.6 is 0 Å². The van der Waals surface area contributed by atoms with Gasteiger partial charge in [0.05, 0.1) is 19.1 Å². The standard InChI is InChI=1S/C17H24N2O4/c1-5-22-15(20)10-14-13-9-7-6-8-12(13)11-19(14)18-16(21)23-17(2,3)4/h6-9,14H,5,10-11H2,1-4H3,(H,18,21). The van der Waals surface area contributed by atoms with E-state index in [-0.39, 0.29) is 18.4 Å². The number of rotatable bonds is 4. The number of hydrogen-bond acceptors (Lipinski definition) is 5. The van der Waals surface area contributed by atoms with E-state index in [1.54, 1.807) is 32.7 Å². The third kappa shape index (κ3) is 4.69. The summed E-state index contributed by atoms with van der Waals surface area (Å²) in [5.41, 5.74) is 4.27. The van der Waals surface area contributed by atoms with Crippen molar-refractivity contribution in [1.82, 2.24) is 10.4 Å². The predicted molar refractivity (Wildman–Crippen MR) is 85.3 cm³/mol. The summed E-state index contributed by atoms with van der Waals surface area (Å²) < 4.78 is 10.3. The van der Waals surface area contributed by atoms with Crippen molar-refractivity contribution in [3.63, 3.8) is 0 Å². The average molecular weight is 320 g/mol. The molecule has 1 aliphatic heterocycles. The second-order valence-corrected chi connectivity index (χ2v) is 6.47. The molecule has 0 fully saturated rings. The van der Waals surface area contributed by atoms with Crippen LogP contribution in [0.15, 0.2) is 24.3 Å². The van der Waals surface area contributed by atoms with Crippen LogP contribution in [0.4, 0.5) is 4.79 Å². The van der Waals surface area contributed by atoms with Crippen LogP contribution in [0.1, 0.15) is 51.3 Å². The number of ether oxygens (including phenoxy) is 2. The monoisotopic (exact) mass is 320 g/mol. The molecule has 0 saturated heterocycles. The minimum Gasteiger partial charge on any atom is -0.466 e. The highest BCUT2D eigenvalue weighted by molar-refractivity contribution is 5.71. The van der Waals surface area contributed by atoms with Crippen LogP contribution in [0.2, 0.25) is 0 Å². The summed E-state index contributed by atoms with van der Waals surface area (Å²) in [5.74, 6) is -0.287. The Balaban J connectivity index is 2.11. The fraction of sp³-hybridized carbons (Fsp3) is 0.529. The van der Waals surface area contributed by atoms with E-state index >= 15 is 0 Å². The van der Waals surface area contributed by atoms with Gasteiger partial charge in [0.15, 0.2) is 0 Å². The first-order valence-corrected chi connectivity index (χ1v) is 7.80. The molecule has 1 N–H and O–H groups in total. The van der Waals surface area contributed by atoms with Gasteiger partial charge in [-0.25, -0.2) is 9.80 Å². The van der Waals surface area contributed by atoms with Gasteiger partial charge in [0.1, 0.15) is 5.60 Å². The Morgan fingerprint density at radius 1 is 1.30 bits per heavy atom. The summed E-state index contributed by atoms with van der Waals surface area (Å²) in [6.45, 7) is 8.06. The van der Waals surface area contributed by atoms with Crippen molar-refractivity contribution >= 4 is 12.1 Å². The maximum atomic E-state index is 12.0. The molecule has 6 heteroatoms. The van der Waals surface area contributed by atoms with Crippen LogP contribution in [0.25, 0.3) is 0 Å². The molecule has 0 spiro atoms. The smallest absolute Gasteiger partial charge is 0.422 e. The fourth-order valence-corrected chi connectivity index (χ4v) is 2.60. The maximum Gasteiger partial charge on any atom is 0.422 e. The molecule has 23 heavy (non-hydrogen) atoms. The Labute approximate surface area is 136 Å². The van der Waals surface area contributed by atoms with E-state index in [9.17, 15) is 9.59 Å². The molecule has 1 unspecified atom stereocenters. The van der Waals surface area contributed by atoms with Crippen molar-refractivity contribution in [2.75, 3.05) is 6.61 Å². The summed E-state index contributed by atoms with van der Waals surface area (Å²) in [4.78, 5) is 23.9.